The smallest absolute Gasteiger partial charge is 0.261 e. The van der Waals surface area contributed by atoms with Gasteiger partial charge in [0.2, 0.25) is 0 Å². The Hall–Kier alpha value is -3.02. The molecule has 24 heavy (non-hydrogen) atoms. The van der Waals surface area contributed by atoms with Gasteiger partial charge < -0.3 is 15.2 Å². The number of ether oxygens (including phenoxy) is 2. The lowest BCUT2D eigenvalue weighted by molar-refractivity contribution is 0.0646. The molecule has 0 saturated carbocycles. The average molecular weight is 326 g/mol. The third-order valence-electron chi connectivity index (χ3n) is 3.85. The summed E-state index contributed by atoms with van der Waals surface area (Å²) in [5.41, 5.74) is 7.21. The van der Waals surface area contributed by atoms with E-state index in [1.165, 1.54) is 4.90 Å². The number of nitrogens with zero attached hydrogens (tertiary/aromatic N) is 1. The number of methoxy groups -OCH3 is 1. The number of amides is 2. The zero-order valence-corrected chi connectivity index (χ0v) is 13.3. The van der Waals surface area contributed by atoms with Crippen LogP contribution in [0.2, 0.25) is 0 Å². The molecule has 0 radical (unpaired) electrons. The molecule has 2 aromatic carbocycles. The van der Waals surface area contributed by atoms with Crippen molar-refractivity contribution in [1.82, 2.24) is 4.90 Å². The topological polar surface area (TPSA) is 81.9 Å². The van der Waals surface area contributed by atoms with E-state index in [1.54, 1.807) is 49.6 Å². The van der Waals surface area contributed by atoms with Gasteiger partial charge in [0.25, 0.3) is 11.8 Å². The van der Waals surface area contributed by atoms with Gasteiger partial charge in [0, 0.05) is 18.3 Å². The molecule has 3 rings (SSSR count). The molecule has 0 aliphatic carbocycles. The van der Waals surface area contributed by atoms with Crippen LogP contribution in [-0.4, -0.2) is 37.0 Å². The van der Waals surface area contributed by atoms with Gasteiger partial charge in [-0.25, -0.2) is 0 Å². The Labute approximate surface area is 139 Å². The van der Waals surface area contributed by atoms with E-state index in [1.807, 2.05) is 0 Å². The molecule has 0 aromatic heterocycles. The predicted octanol–water partition coefficient (Wildman–Crippen LogP) is 2.34. The van der Waals surface area contributed by atoms with Crippen LogP contribution in [0.1, 0.15) is 27.1 Å². The quantitative estimate of drug-likeness (QED) is 0.500. The number of imide groups is 1. The minimum atomic E-state index is -0.249. The minimum Gasteiger partial charge on any atom is -0.493 e. The summed E-state index contributed by atoms with van der Waals surface area (Å²) in [4.78, 5) is 25.7. The molecule has 0 bridgehead atoms. The molecule has 2 N–H and O–H groups in total. The molecule has 0 atom stereocenters. The molecule has 0 unspecified atom stereocenters. The molecule has 6 heteroatoms. The summed E-state index contributed by atoms with van der Waals surface area (Å²) < 4.78 is 10.9. The maximum atomic E-state index is 12.2. The van der Waals surface area contributed by atoms with Gasteiger partial charge in [-0.3, -0.25) is 14.5 Å². The van der Waals surface area contributed by atoms with Crippen molar-refractivity contribution in [1.29, 1.82) is 0 Å². The molecule has 6 nitrogen and oxygen atoms in total. The first kappa shape index (κ1) is 15.9. The highest BCUT2D eigenvalue weighted by molar-refractivity contribution is 6.21. The first-order chi connectivity index (χ1) is 11.6. The number of benzene rings is 2. The second-order valence-electron chi connectivity index (χ2n) is 5.42. The molecule has 2 amide bonds. The van der Waals surface area contributed by atoms with Gasteiger partial charge in [-0.05, 0) is 30.7 Å². The second kappa shape index (κ2) is 6.62. The number of rotatable bonds is 6. The number of fused-ring (bicyclic) bond motifs is 1. The highest BCUT2D eigenvalue weighted by atomic mass is 16.5. The van der Waals surface area contributed by atoms with Crippen molar-refractivity contribution in [3.8, 4) is 11.5 Å². The standard InChI is InChI=1S/C18H18N2O4/c1-23-16-11-12(19)7-8-15(16)24-10-4-9-20-17(21)13-5-2-3-6-14(13)18(20)22/h2-3,5-8,11H,4,9-10,19H2,1H3. The third-order valence-corrected chi connectivity index (χ3v) is 3.85. The molecule has 1 heterocycles. The summed E-state index contributed by atoms with van der Waals surface area (Å²) in [5, 5.41) is 0. The Morgan fingerprint density at radius 2 is 1.67 bits per heavy atom. The zero-order valence-electron chi connectivity index (χ0n) is 13.3. The molecule has 124 valence electrons. The number of nitrogens with two attached hydrogens (primary N) is 1. The fourth-order valence-electron chi connectivity index (χ4n) is 2.65. The SMILES string of the molecule is COc1cc(N)ccc1OCCCN1C(=O)c2ccccc2C1=O. The lowest BCUT2D eigenvalue weighted by Crippen LogP contribution is -2.31. The largest absolute Gasteiger partial charge is 0.493 e. The summed E-state index contributed by atoms with van der Waals surface area (Å²) in [5.74, 6) is 0.631. The van der Waals surface area contributed by atoms with Crippen molar-refractivity contribution in [2.45, 2.75) is 6.42 Å². The van der Waals surface area contributed by atoms with E-state index in [2.05, 4.69) is 0 Å². The Morgan fingerprint density at radius 3 is 2.29 bits per heavy atom. The number of nitrogen functional groups attached to an aromatic ring is 1. The van der Waals surface area contributed by atoms with E-state index >= 15 is 0 Å². The van der Waals surface area contributed by atoms with Gasteiger partial charge in [-0.15, -0.1) is 0 Å². The first-order valence-corrected chi connectivity index (χ1v) is 7.63. The normalized spacial score (nSPS) is 13.1. The van der Waals surface area contributed by atoms with Crippen molar-refractivity contribution in [3.63, 3.8) is 0 Å². The van der Waals surface area contributed by atoms with Crippen molar-refractivity contribution < 1.29 is 19.1 Å². The highest BCUT2D eigenvalue weighted by Gasteiger charge is 2.34. The third kappa shape index (κ3) is 2.90. The Kier molecular flexibility index (Phi) is 4.37. The fourth-order valence-corrected chi connectivity index (χ4v) is 2.65. The lowest BCUT2D eigenvalue weighted by atomic mass is 10.1. The van der Waals surface area contributed by atoms with E-state index in [4.69, 9.17) is 15.2 Å². The van der Waals surface area contributed by atoms with Gasteiger partial charge >= 0.3 is 0 Å². The van der Waals surface area contributed by atoms with Crippen molar-refractivity contribution in [2.24, 2.45) is 0 Å². The maximum Gasteiger partial charge on any atom is 0.261 e. The van der Waals surface area contributed by atoms with Gasteiger partial charge in [0.05, 0.1) is 24.8 Å². The molecule has 1 aliphatic heterocycles. The zero-order chi connectivity index (χ0) is 17.1. The van der Waals surface area contributed by atoms with Crippen molar-refractivity contribution >= 4 is 17.5 Å². The maximum absolute atomic E-state index is 12.2. The van der Waals surface area contributed by atoms with Crippen LogP contribution in [0.5, 0.6) is 11.5 Å². The molecular weight excluding hydrogens is 308 g/mol. The molecule has 1 aliphatic rings. The molecular formula is C18H18N2O4. The average Bonchev–Trinajstić information content (AvgIpc) is 2.84. The summed E-state index contributed by atoms with van der Waals surface area (Å²) in [6.07, 6.45) is 0.527. The Bertz CT molecular complexity index is 753. The molecule has 2 aromatic rings. The van der Waals surface area contributed by atoms with Crippen LogP contribution in [0.3, 0.4) is 0 Å². The van der Waals surface area contributed by atoms with Crippen LogP contribution in [0, 0.1) is 0 Å². The van der Waals surface area contributed by atoms with E-state index in [-0.39, 0.29) is 11.8 Å². The fraction of sp³-hybridized carbons (Fsp3) is 0.222. The molecule has 0 fully saturated rings. The first-order valence-electron chi connectivity index (χ1n) is 7.63. The van der Waals surface area contributed by atoms with Gasteiger partial charge in [-0.2, -0.15) is 0 Å². The van der Waals surface area contributed by atoms with Crippen LogP contribution >= 0.6 is 0 Å². The van der Waals surface area contributed by atoms with Crippen molar-refractivity contribution in [3.05, 3.63) is 53.6 Å². The summed E-state index contributed by atoms with van der Waals surface area (Å²) >= 11 is 0. The number of carbonyl (C=O) groups is 2. The number of carbonyl (C=O) groups excluding carboxylic acids is 2. The van der Waals surface area contributed by atoms with Crippen LogP contribution in [0.25, 0.3) is 0 Å². The Morgan fingerprint density at radius 1 is 1.00 bits per heavy atom. The summed E-state index contributed by atoms with van der Waals surface area (Å²) in [6.45, 7) is 0.664. The van der Waals surface area contributed by atoms with E-state index in [0.717, 1.165) is 0 Å². The predicted molar refractivity (Wildman–Crippen MR) is 89.3 cm³/mol. The van der Waals surface area contributed by atoms with Gasteiger partial charge in [-0.1, -0.05) is 12.1 Å². The van der Waals surface area contributed by atoms with Crippen LogP contribution in [0.4, 0.5) is 5.69 Å². The number of hydrogen-bond acceptors (Lipinski definition) is 5. The van der Waals surface area contributed by atoms with E-state index in [9.17, 15) is 9.59 Å². The lowest BCUT2D eigenvalue weighted by Gasteiger charge is -2.15. The van der Waals surface area contributed by atoms with Gasteiger partial charge in [0.1, 0.15) is 0 Å². The van der Waals surface area contributed by atoms with Crippen LogP contribution in [-0.2, 0) is 0 Å². The second-order valence-corrected chi connectivity index (χ2v) is 5.42. The number of anilines is 1. The van der Waals surface area contributed by atoms with Crippen molar-refractivity contribution in [2.75, 3.05) is 26.0 Å². The summed E-state index contributed by atoms with van der Waals surface area (Å²) in [6, 6.07) is 12.0. The monoisotopic (exact) mass is 326 g/mol. The van der Waals surface area contributed by atoms with E-state index < -0.39 is 0 Å². The van der Waals surface area contributed by atoms with Crippen LogP contribution in [0.15, 0.2) is 42.5 Å². The van der Waals surface area contributed by atoms with Crippen LogP contribution < -0.4 is 15.2 Å². The summed E-state index contributed by atoms with van der Waals surface area (Å²) in [7, 11) is 1.54. The minimum absolute atomic E-state index is 0.249. The Balaban J connectivity index is 1.57. The molecule has 0 spiro atoms. The highest BCUT2D eigenvalue weighted by Crippen LogP contribution is 2.29. The van der Waals surface area contributed by atoms with Gasteiger partial charge in [0.15, 0.2) is 11.5 Å². The molecule has 0 saturated heterocycles. The van der Waals surface area contributed by atoms with E-state index in [0.29, 0.717) is 47.9 Å². The number of hydrogen-bond donors (Lipinski definition) is 1.